The first-order chi connectivity index (χ1) is 12.9. The molecule has 0 amide bonds. The summed E-state index contributed by atoms with van der Waals surface area (Å²) in [5, 5.41) is 13.2. The molecule has 0 fully saturated rings. The zero-order valence-corrected chi connectivity index (χ0v) is 15.2. The maximum atomic E-state index is 13.2. The highest BCUT2D eigenvalue weighted by molar-refractivity contribution is 7.88. The molecule has 0 radical (unpaired) electrons. The van der Waals surface area contributed by atoms with E-state index in [4.69, 9.17) is 5.26 Å². The van der Waals surface area contributed by atoms with Gasteiger partial charge in [-0.05, 0) is 34.9 Å². The Bertz CT molecular complexity index is 1060. The minimum atomic E-state index is -3.67. The molecule has 0 atom stereocenters. The zero-order valence-electron chi connectivity index (χ0n) is 14.3. The van der Waals surface area contributed by atoms with Crippen molar-refractivity contribution in [3.8, 4) is 6.07 Å². The highest BCUT2D eigenvalue weighted by Crippen LogP contribution is 2.14. The summed E-state index contributed by atoms with van der Waals surface area (Å²) in [4.78, 5) is 0. The molecule has 1 aromatic heterocycles. The van der Waals surface area contributed by atoms with Gasteiger partial charge in [-0.25, -0.2) is 17.5 Å². The van der Waals surface area contributed by atoms with Gasteiger partial charge in [-0.15, -0.1) is 0 Å². The fourth-order valence-corrected chi connectivity index (χ4v) is 3.72. The van der Waals surface area contributed by atoms with Gasteiger partial charge in [-0.1, -0.05) is 30.3 Å². The summed E-state index contributed by atoms with van der Waals surface area (Å²) in [5.41, 5.74) is 2.14. The molecule has 0 spiro atoms. The van der Waals surface area contributed by atoms with E-state index in [0.29, 0.717) is 6.54 Å². The Morgan fingerprint density at radius 1 is 1.15 bits per heavy atom. The lowest BCUT2D eigenvalue weighted by atomic mass is 10.1. The second kappa shape index (κ2) is 8.12. The maximum Gasteiger partial charge on any atom is 0.216 e. The standard InChI is InChI=1S/C19H17FN4O2S/c20-19-7-6-17(18(10-19)11-21)14-27(25,26)23-12-15-2-4-16(5-3-15)13-24-9-1-8-22-24/h1-10,23H,12-14H2. The Hall–Kier alpha value is -3.02. The van der Waals surface area contributed by atoms with Crippen molar-refractivity contribution in [1.82, 2.24) is 14.5 Å². The van der Waals surface area contributed by atoms with Crippen LogP contribution in [-0.2, 0) is 28.9 Å². The van der Waals surface area contributed by atoms with Crippen molar-refractivity contribution in [2.24, 2.45) is 0 Å². The average Bonchev–Trinajstić information content (AvgIpc) is 3.15. The van der Waals surface area contributed by atoms with Crippen LogP contribution in [0.5, 0.6) is 0 Å². The molecule has 6 nitrogen and oxygen atoms in total. The maximum absolute atomic E-state index is 13.2. The van der Waals surface area contributed by atoms with Crippen molar-refractivity contribution < 1.29 is 12.8 Å². The summed E-state index contributed by atoms with van der Waals surface area (Å²) in [6.07, 6.45) is 3.58. The molecule has 1 heterocycles. The number of hydrogen-bond acceptors (Lipinski definition) is 4. The van der Waals surface area contributed by atoms with E-state index in [1.54, 1.807) is 10.9 Å². The second-order valence-electron chi connectivity index (χ2n) is 6.01. The first-order valence-electron chi connectivity index (χ1n) is 8.16. The normalized spacial score (nSPS) is 11.3. The van der Waals surface area contributed by atoms with Crippen LogP contribution in [0.15, 0.2) is 60.9 Å². The van der Waals surface area contributed by atoms with Crippen LogP contribution < -0.4 is 4.72 Å². The van der Waals surface area contributed by atoms with Gasteiger partial charge in [0.25, 0.3) is 0 Å². The molecule has 3 rings (SSSR count). The number of benzene rings is 2. The Morgan fingerprint density at radius 2 is 1.89 bits per heavy atom. The summed E-state index contributed by atoms with van der Waals surface area (Å²) in [6.45, 7) is 0.772. The van der Waals surface area contributed by atoms with Gasteiger partial charge in [-0.2, -0.15) is 10.4 Å². The SMILES string of the molecule is N#Cc1cc(F)ccc1CS(=O)(=O)NCc1ccc(Cn2cccn2)cc1. The topological polar surface area (TPSA) is 87.8 Å². The van der Waals surface area contributed by atoms with Crippen LogP contribution in [0.2, 0.25) is 0 Å². The molecule has 0 bridgehead atoms. The summed E-state index contributed by atoms with van der Waals surface area (Å²) in [6, 6.07) is 14.7. The van der Waals surface area contributed by atoms with Gasteiger partial charge < -0.3 is 0 Å². The number of sulfonamides is 1. The van der Waals surface area contributed by atoms with Crippen LogP contribution in [0, 0.1) is 17.1 Å². The third-order valence-electron chi connectivity index (χ3n) is 3.96. The molecule has 2 aromatic carbocycles. The Labute approximate surface area is 156 Å². The molecule has 0 saturated carbocycles. The Balaban J connectivity index is 1.61. The van der Waals surface area contributed by atoms with Crippen LogP contribution >= 0.6 is 0 Å². The lowest BCUT2D eigenvalue weighted by Gasteiger charge is -2.09. The largest absolute Gasteiger partial charge is 0.268 e. The van der Waals surface area contributed by atoms with Gasteiger partial charge in [0.05, 0.1) is 23.9 Å². The number of hydrogen-bond donors (Lipinski definition) is 1. The first kappa shape index (κ1) is 18.8. The number of nitrogens with one attached hydrogen (secondary N) is 1. The molecule has 1 N–H and O–H groups in total. The lowest BCUT2D eigenvalue weighted by molar-refractivity contribution is 0.580. The number of aromatic nitrogens is 2. The minimum Gasteiger partial charge on any atom is -0.268 e. The lowest BCUT2D eigenvalue weighted by Crippen LogP contribution is -2.25. The molecule has 0 saturated heterocycles. The monoisotopic (exact) mass is 384 g/mol. The predicted octanol–water partition coefficient (Wildman–Crippen LogP) is 2.56. The first-order valence-corrected chi connectivity index (χ1v) is 9.81. The van der Waals surface area contributed by atoms with Crippen LogP contribution in [0.1, 0.15) is 22.3 Å². The van der Waals surface area contributed by atoms with E-state index in [0.717, 1.165) is 23.3 Å². The van der Waals surface area contributed by atoms with Crippen LogP contribution in [0.4, 0.5) is 4.39 Å². The Morgan fingerprint density at radius 3 is 2.56 bits per heavy atom. The minimum absolute atomic E-state index is 0.0170. The molecule has 138 valence electrons. The van der Waals surface area contributed by atoms with Crippen molar-refractivity contribution in [1.29, 1.82) is 5.26 Å². The van der Waals surface area contributed by atoms with E-state index in [1.807, 2.05) is 42.6 Å². The highest BCUT2D eigenvalue weighted by atomic mass is 32.2. The summed E-state index contributed by atoms with van der Waals surface area (Å²) >= 11 is 0. The zero-order chi connectivity index (χ0) is 19.3. The molecule has 0 aliphatic heterocycles. The van der Waals surface area contributed by atoms with Gasteiger partial charge in [0, 0.05) is 18.9 Å². The molecule has 0 aliphatic carbocycles. The second-order valence-corrected chi connectivity index (χ2v) is 7.82. The smallest absolute Gasteiger partial charge is 0.216 e. The number of nitrogens with zero attached hydrogens (tertiary/aromatic N) is 3. The van der Waals surface area contributed by atoms with E-state index >= 15 is 0 Å². The van der Waals surface area contributed by atoms with Crippen molar-refractivity contribution in [2.45, 2.75) is 18.8 Å². The number of nitriles is 1. The quantitative estimate of drug-likeness (QED) is 0.678. The van der Waals surface area contributed by atoms with Crippen molar-refractivity contribution in [3.63, 3.8) is 0 Å². The fourth-order valence-electron chi connectivity index (χ4n) is 2.57. The van der Waals surface area contributed by atoms with Gasteiger partial charge in [0.1, 0.15) is 5.82 Å². The molecule has 0 unspecified atom stereocenters. The average molecular weight is 384 g/mol. The van der Waals surface area contributed by atoms with Crippen molar-refractivity contribution in [2.75, 3.05) is 0 Å². The molecule has 3 aromatic rings. The third kappa shape index (κ3) is 5.23. The molecular formula is C19H17FN4O2S. The summed E-state index contributed by atoms with van der Waals surface area (Å²) in [5.74, 6) is -0.955. The molecular weight excluding hydrogens is 367 g/mol. The van der Waals surface area contributed by atoms with E-state index in [9.17, 15) is 12.8 Å². The van der Waals surface area contributed by atoms with Gasteiger partial charge >= 0.3 is 0 Å². The molecule has 27 heavy (non-hydrogen) atoms. The van der Waals surface area contributed by atoms with E-state index in [2.05, 4.69) is 9.82 Å². The number of halogens is 1. The molecule has 8 heteroatoms. The summed E-state index contributed by atoms with van der Waals surface area (Å²) in [7, 11) is -3.67. The van der Waals surface area contributed by atoms with E-state index in [-0.39, 0.29) is 23.4 Å². The fraction of sp³-hybridized carbons (Fsp3) is 0.158. The number of rotatable bonds is 7. The predicted molar refractivity (Wildman–Crippen MR) is 98.3 cm³/mol. The third-order valence-corrected chi connectivity index (χ3v) is 5.24. The molecule has 0 aliphatic rings. The van der Waals surface area contributed by atoms with Gasteiger partial charge in [0.15, 0.2) is 0 Å². The van der Waals surface area contributed by atoms with Crippen LogP contribution in [-0.4, -0.2) is 18.2 Å². The summed E-state index contributed by atoms with van der Waals surface area (Å²) < 4.78 is 42.0. The van der Waals surface area contributed by atoms with E-state index in [1.165, 1.54) is 6.07 Å². The van der Waals surface area contributed by atoms with Gasteiger partial charge in [-0.3, -0.25) is 4.68 Å². The van der Waals surface area contributed by atoms with Gasteiger partial charge in [0.2, 0.25) is 10.0 Å². The van der Waals surface area contributed by atoms with Crippen LogP contribution in [0.25, 0.3) is 0 Å². The Kier molecular flexibility index (Phi) is 5.64. The van der Waals surface area contributed by atoms with Crippen LogP contribution in [0.3, 0.4) is 0 Å². The highest BCUT2D eigenvalue weighted by Gasteiger charge is 2.15. The van der Waals surface area contributed by atoms with E-state index < -0.39 is 15.8 Å². The van der Waals surface area contributed by atoms with Crippen molar-refractivity contribution in [3.05, 3.63) is 89.0 Å². The van der Waals surface area contributed by atoms with Crippen molar-refractivity contribution >= 4 is 10.0 Å².